The second kappa shape index (κ2) is 10.5. The molecule has 6 heterocycles. The number of piperazine rings is 2. The van der Waals surface area contributed by atoms with Crippen LogP contribution in [0.2, 0.25) is 0 Å². The van der Waals surface area contributed by atoms with Gasteiger partial charge in [-0.05, 0) is 57.5 Å². The lowest BCUT2D eigenvalue weighted by atomic mass is 10.1. The molecule has 7 rings (SSSR count). The fraction of sp³-hybridized carbons (Fsp3) is 0.633. The van der Waals surface area contributed by atoms with Crippen LogP contribution in [0.25, 0.3) is 11.2 Å². The summed E-state index contributed by atoms with van der Waals surface area (Å²) in [5.41, 5.74) is 3.94. The molecule has 40 heavy (non-hydrogen) atoms. The van der Waals surface area contributed by atoms with E-state index in [4.69, 9.17) is 4.98 Å². The summed E-state index contributed by atoms with van der Waals surface area (Å²) in [6, 6.07) is 11.5. The van der Waals surface area contributed by atoms with E-state index in [-0.39, 0.29) is 5.69 Å². The Kier molecular flexibility index (Phi) is 6.80. The second-order valence-corrected chi connectivity index (χ2v) is 12.5. The third-order valence-electron chi connectivity index (χ3n) is 9.87. The molecule has 1 N–H and O–H groups in total. The molecule has 4 aliphatic heterocycles. The molecule has 10 heteroatoms. The summed E-state index contributed by atoms with van der Waals surface area (Å²) >= 11 is 0. The predicted octanol–water partition coefficient (Wildman–Crippen LogP) is 2.13. The van der Waals surface area contributed by atoms with Gasteiger partial charge in [0.2, 0.25) is 5.95 Å². The Hall–Kier alpha value is -2.95. The molecule has 1 aromatic carbocycles. The van der Waals surface area contributed by atoms with E-state index < -0.39 is 0 Å². The number of likely N-dealkylation sites (tertiary alicyclic amines) is 3. The number of nitrogens with zero attached hydrogens (tertiary/aromatic N) is 8. The molecule has 10 nitrogen and oxygen atoms in total. The molecule has 0 saturated carbocycles. The molecule has 0 aliphatic carbocycles. The molecule has 4 bridgehead atoms. The first kappa shape index (κ1) is 26.0. The number of hydrogen-bond acceptors (Lipinski definition) is 8. The van der Waals surface area contributed by atoms with E-state index in [2.05, 4.69) is 75.2 Å². The van der Waals surface area contributed by atoms with Crippen molar-refractivity contribution in [2.45, 2.75) is 69.9 Å². The lowest BCUT2D eigenvalue weighted by Gasteiger charge is -2.33. The summed E-state index contributed by atoms with van der Waals surface area (Å²) in [7, 11) is 4.48. The normalized spacial score (nSPS) is 26.6. The van der Waals surface area contributed by atoms with Crippen LogP contribution in [-0.2, 0) is 13.1 Å². The third-order valence-corrected chi connectivity index (χ3v) is 9.87. The zero-order valence-corrected chi connectivity index (χ0v) is 24.2. The molecule has 2 aromatic heterocycles. The monoisotopic (exact) mass is 545 g/mol. The molecule has 4 saturated heterocycles. The van der Waals surface area contributed by atoms with E-state index >= 15 is 0 Å². The van der Waals surface area contributed by atoms with Crippen molar-refractivity contribution in [3.63, 3.8) is 0 Å². The van der Waals surface area contributed by atoms with Crippen molar-refractivity contribution in [2.75, 3.05) is 63.6 Å². The maximum atomic E-state index is 13.8. The standard InChI is InChI=1S/C30H43N9O/c1-4-10-31-29-32-15-27-28(33-29)39(30(40)37(27)12-5-11-36-19-23-13-25(36)17-34(23)2)16-21-6-8-22(9-7-21)38-20-24-14-26(38)18-35(24)3/h6-9,15,23-26H,4-5,10-14,16-20H2,1-3H3,(H,31,32,33). The van der Waals surface area contributed by atoms with Crippen LogP contribution in [0.3, 0.4) is 0 Å². The van der Waals surface area contributed by atoms with Gasteiger partial charge in [-0.2, -0.15) is 4.98 Å². The molecular weight excluding hydrogens is 502 g/mol. The maximum Gasteiger partial charge on any atom is 0.330 e. The van der Waals surface area contributed by atoms with Gasteiger partial charge in [-0.25, -0.2) is 9.78 Å². The van der Waals surface area contributed by atoms with Crippen molar-refractivity contribution in [1.29, 1.82) is 0 Å². The van der Waals surface area contributed by atoms with Gasteiger partial charge >= 0.3 is 5.69 Å². The number of likely N-dealkylation sites (N-methyl/N-ethyl adjacent to an activating group) is 2. The number of aryl methyl sites for hydroxylation is 1. The Morgan fingerprint density at radius 2 is 1.65 bits per heavy atom. The highest BCUT2D eigenvalue weighted by Crippen LogP contribution is 2.34. The molecule has 0 radical (unpaired) electrons. The van der Waals surface area contributed by atoms with Crippen molar-refractivity contribution < 1.29 is 0 Å². The minimum atomic E-state index is 0.00332. The largest absolute Gasteiger partial charge is 0.366 e. The highest BCUT2D eigenvalue weighted by atomic mass is 16.1. The second-order valence-electron chi connectivity index (χ2n) is 12.5. The first-order valence-electron chi connectivity index (χ1n) is 15.2. The maximum absolute atomic E-state index is 13.8. The first-order chi connectivity index (χ1) is 19.5. The van der Waals surface area contributed by atoms with Gasteiger partial charge in [0.15, 0.2) is 5.65 Å². The molecule has 4 unspecified atom stereocenters. The summed E-state index contributed by atoms with van der Waals surface area (Å²) < 4.78 is 3.73. The van der Waals surface area contributed by atoms with Crippen molar-refractivity contribution in [1.82, 2.24) is 33.8 Å². The highest BCUT2D eigenvalue weighted by molar-refractivity contribution is 5.72. The summed E-state index contributed by atoms with van der Waals surface area (Å²) in [5.74, 6) is 0.585. The van der Waals surface area contributed by atoms with E-state index in [1.54, 1.807) is 0 Å². The van der Waals surface area contributed by atoms with E-state index in [1.807, 2.05) is 15.3 Å². The number of aromatic nitrogens is 4. The summed E-state index contributed by atoms with van der Waals surface area (Å²) in [6.45, 7) is 9.71. The Morgan fingerprint density at radius 3 is 2.30 bits per heavy atom. The van der Waals surface area contributed by atoms with E-state index in [9.17, 15) is 4.79 Å². The number of fused-ring (bicyclic) bond motifs is 5. The Bertz CT molecular complexity index is 1410. The molecule has 214 valence electrons. The number of nitrogens with one attached hydrogen (secondary N) is 1. The number of hydrogen-bond donors (Lipinski definition) is 1. The van der Waals surface area contributed by atoms with Gasteiger partial charge in [-0.3, -0.25) is 18.9 Å². The van der Waals surface area contributed by atoms with Gasteiger partial charge < -0.3 is 15.1 Å². The van der Waals surface area contributed by atoms with Gasteiger partial charge in [0.1, 0.15) is 5.52 Å². The van der Waals surface area contributed by atoms with E-state index in [1.165, 1.54) is 25.1 Å². The van der Waals surface area contributed by atoms with Crippen LogP contribution in [0.15, 0.2) is 35.3 Å². The SMILES string of the molecule is CCCNc1ncc2c(n1)n(Cc1ccc(N3CC4CC3CN4C)cc1)c(=O)n2CCCN1CC2CC1CN2C. The lowest BCUT2D eigenvalue weighted by Crippen LogP contribution is -2.45. The van der Waals surface area contributed by atoms with Crippen LogP contribution < -0.4 is 15.9 Å². The number of rotatable bonds is 10. The summed E-state index contributed by atoms with van der Waals surface area (Å²) in [5, 5.41) is 3.29. The van der Waals surface area contributed by atoms with Gasteiger partial charge in [0.25, 0.3) is 0 Å². The van der Waals surface area contributed by atoms with Gasteiger partial charge in [-0.15, -0.1) is 0 Å². The Labute approximate surface area is 236 Å². The van der Waals surface area contributed by atoms with Gasteiger partial charge in [0, 0.05) is 75.7 Å². The zero-order chi connectivity index (χ0) is 27.4. The topological polar surface area (TPSA) is 77.7 Å². The van der Waals surface area contributed by atoms with Crippen LogP contribution in [0, 0.1) is 0 Å². The first-order valence-corrected chi connectivity index (χ1v) is 15.2. The van der Waals surface area contributed by atoms with Gasteiger partial charge in [0.05, 0.1) is 12.7 Å². The van der Waals surface area contributed by atoms with Crippen LogP contribution in [0.1, 0.15) is 38.2 Å². The summed E-state index contributed by atoms with van der Waals surface area (Å²) in [4.78, 5) is 33.3. The molecule has 0 amide bonds. The Morgan fingerprint density at radius 1 is 0.900 bits per heavy atom. The van der Waals surface area contributed by atoms with E-state index in [0.29, 0.717) is 48.9 Å². The Balaban J connectivity index is 1.11. The third kappa shape index (κ3) is 4.59. The lowest BCUT2D eigenvalue weighted by molar-refractivity contribution is 0.147. The van der Waals surface area contributed by atoms with Crippen molar-refractivity contribution in [2.24, 2.45) is 0 Å². The fourth-order valence-corrected chi connectivity index (χ4v) is 7.59. The van der Waals surface area contributed by atoms with E-state index in [0.717, 1.165) is 56.6 Å². The van der Waals surface area contributed by atoms with Crippen molar-refractivity contribution in [3.05, 3.63) is 46.5 Å². The quantitative estimate of drug-likeness (QED) is 0.415. The molecular formula is C30H43N9O. The minimum Gasteiger partial charge on any atom is -0.366 e. The molecule has 4 fully saturated rings. The number of imidazole rings is 1. The van der Waals surface area contributed by atoms with Crippen LogP contribution in [0.5, 0.6) is 0 Å². The van der Waals surface area contributed by atoms with Crippen LogP contribution >= 0.6 is 0 Å². The minimum absolute atomic E-state index is 0.00332. The zero-order valence-electron chi connectivity index (χ0n) is 24.2. The van der Waals surface area contributed by atoms with Crippen molar-refractivity contribution >= 4 is 22.8 Å². The summed E-state index contributed by atoms with van der Waals surface area (Å²) in [6.07, 6.45) is 6.31. The molecule has 0 spiro atoms. The van der Waals surface area contributed by atoms with Crippen LogP contribution in [-0.4, -0.2) is 111 Å². The molecule has 4 atom stereocenters. The van der Waals surface area contributed by atoms with Crippen molar-refractivity contribution in [3.8, 4) is 0 Å². The number of anilines is 2. The highest BCUT2D eigenvalue weighted by Gasteiger charge is 2.42. The average molecular weight is 546 g/mol. The van der Waals surface area contributed by atoms with Crippen LogP contribution in [0.4, 0.5) is 11.6 Å². The molecule has 3 aromatic rings. The predicted molar refractivity (Wildman–Crippen MR) is 159 cm³/mol. The fourth-order valence-electron chi connectivity index (χ4n) is 7.59. The number of benzene rings is 1. The smallest absolute Gasteiger partial charge is 0.330 e. The molecule has 4 aliphatic rings. The average Bonchev–Trinajstić information content (AvgIpc) is 3.77. The van der Waals surface area contributed by atoms with Gasteiger partial charge in [-0.1, -0.05) is 19.1 Å².